The summed E-state index contributed by atoms with van der Waals surface area (Å²) in [7, 11) is 1.55. The number of likely N-dealkylation sites (N-methyl/N-ethyl adjacent to an activating group) is 1. The van der Waals surface area contributed by atoms with Gasteiger partial charge in [-0.25, -0.2) is 0 Å². The normalized spacial score (nSPS) is 20.8. The van der Waals surface area contributed by atoms with Crippen molar-refractivity contribution < 1.29 is 24.2 Å². The first-order chi connectivity index (χ1) is 13.0. The Labute approximate surface area is 164 Å². The molecule has 1 unspecified atom stereocenters. The number of benzene rings is 2. The fraction of sp³-hybridized carbons (Fsp3) is 0.200. The van der Waals surface area contributed by atoms with Crippen molar-refractivity contribution in [3.05, 3.63) is 63.6 Å². The van der Waals surface area contributed by atoms with Crippen molar-refractivity contribution in [3.63, 3.8) is 0 Å². The van der Waals surface area contributed by atoms with E-state index in [4.69, 9.17) is 9.47 Å². The lowest BCUT2D eigenvalue weighted by molar-refractivity contribution is -0.139. The molecule has 0 radical (unpaired) electrons. The molecule has 1 saturated heterocycles. The second kappa shape index (κ2) is 6.74. The summed E-state index contributed by atoms with van der Waals surface area (Å²) in [5.41, 5.74) is 1.17. The minimum atomic E-state index is -0.713. The molecule has 0 saturated carbocycles. The molecular formula is C20H16BrNO5. The Morgan fingerprint density at radius 3 is 2.59 bits per heavy atom. The number of ketones is 1. The fourth-order valence-corrected chi connectivity index (χ4v) is 3.78. The van der Waals surface area contributed by atoms with Gasteiger partial charge in [0.2, 0.25) is 0 Å². The molecule has 6 nitrogen and oxygen atoms in total. The summed E-state index contributed by atoms with van der Waals surface area (Å²) in [5.74, 6) is -0.527. The minimum Gasteiger partial charge on any atom is -0.507 e. The van der Waals surface area contributed by atoms with Crippen molar-refractivity contribution in [1.29, 1.82) is 0 Å². The number of carbonyl (C=O) groups excluding carboxylic acids is 2. The molecule has 2 aliphatic heterocycles. The number of likely N-dealkylation sites (tertiary alicyclic amines) is 1. The predicted molar refractivity (Wildman–Crippen MR) is 102 cm³/mol. The van der Waals surface area contributed by atoms with Crippen LogP contribution in [0.3, 0.4) is 0 Å². The van der Waals surface area contributed by atoms with Gasteiger partial charge in [0.1, 0.15) is 19.0 Å². The van der Waals surface area contributed by atoms with E-state index in [1.807, 2.05) is 24.3 Å². The van der Waals surface area contributed by atoms with Gasteiger partial charge >= 0.3 is 0 Å². The van der Waals surface area contributed by atoms with E-state index in [9.17, 15) is 14.7 Å². The Hall–Kier alpha value is -2.80. The highest BCUT2D eigenvalue weighted by Crippen LogP contribution is 2.40. The molecule has 0 aromatic heterocycles. The Balaban J connectivity index is 1.85. The van der Waals surface area contributed by atoms with Crippen molar-refractivity contribution in [2.75, 3.05) is 20.3 Å². The highest BCUT2D eigenvalue weighted by molar-refractivity contribution is 9.10. The van der Waals surface area contributed by atoms with Crippen LogP contribution in [0.4, 0.5) is 0 Å². The molecule has 2 heterocycles. The molecule has 0 aliphatic carbocycles. The van der Waals surface area contributed by atoms with E-state index in [0.717, 1.165) is 10.0 Å². The number of rotatable bonds is 2. The number of halogens is 1. The van der Waals surface area contributed by atoms with Crippen LogP contribution in [-0.2, 0) is 9.59 Å². The summed E-state index contributed by atoms with van der Waals surface area (Å²) in [5, 5.41) is 10.9. The minimum absolute atomic E-state index is 0.0530. The molecule has 1 N–H and O–H groups in total. The summed E-state index contributed by atoms with van der Waals surface area (Å²) in [4.78, 5) is 26.3. The van der Waals surface area contributed by atoms with Gasteiger partial charge in [-0.15, -0.1) is 0 Å². The van der Waals surface area contributed by atoms with Crippen LogP contribution in [-0.4, -0.2) is 42.0 Å². The third-order valence-corrected chi connectivity index (χ3v) is 5.15. The molecule has 1 amide bonds. The van der Waals surface area contributed by atoms with Gasteiger partial charge in [0.05, 0.1) is 11.6 Å². The maximum atomic E-state index is 12.6. The number of nitrogens with zero attached hydrogens (tertiary/aromatic N) is 1. The maximum Gasteiger partial charge on any atom is 0.295 e. The number of amides is 1. The monoisotopic (exact) mass is 429 g/mol. The third kappa shape index (κ3) is 2.98. The van der Waals surface area contributed by atoms with Gasteiger partial charge in [0.25, 0.3) is 11.7 Å². The Morgan fingerprint density at radius 2 is 1.85 bits per heavy atom. The van der Waals surface area contributed by atoms with Gasteiger partial charge < -0.3 is 19.5 Å². The van der Waals surface area contributed by atoms with E-state index >= 15 is 0 Å². The van der Waals surface area contributed by atoms with Crippen LogP contribution in [0.15, 0.2) is 52.5 Å². The average molecular weight is 430 g/mol. The Kier molecular flexibility index (Phi) is 4.39. The second-order valence-corrected chi connectivity index (χ2v) is 7.24. The van der Waals surface area contributed by atoms with Crippen LogP contribution in [0.5, 0.6) is 11.5 Å². The molecule has 1 atom stereocenters. The standard InChI is InChI=1S/C20H16BrNO5/c1-22-17(11-3-2-4-13(21)9-11)16(19(24)20(22)25)18(23)12-5-6-14-15(10-12)27-8-7-26-14/h2-6,9-10,17,23H,7-8H2,1H3/b18-16+. The molecule has 2 aliphatic rings. The fourth-order valence-electron chi connectivity index (χ4n) is 3.36. The number of fused-ring (bicyclic) bond motifs is 1. The first kappa shape index (κ1) is 17.6. The average Bonchev–Trinajstić information content (AvgIpc) is 2.91. The van der Waals surface area contributed by atoms with Crippen molar-refractivity contribution in [2.24, 2.45) is 0 Å². The third-order valence-electron chi connectivity index (χ3n) is 4.66. The van der Waals surface area contributed by atoms with E-state index in [1.165, 1.54) is 4.90 Å². The highest BCUT2D eigenvalue weighted by Gasteiger charge is 2.44. The molecule has 4 rings (SSSR count). The van der Waals surface area contributed by atoms with Crippen LogP contribution < -0.4 is 9.47 Å². The number of hydrogen-bond acceptors (Lipinski definition) is 5. The lowest BCUT2D eigenvalue weighted by atomic mass is 9.95. The molecule has 27 heavy (non-hydrogen) atoms. The summed E-state index contributed by atoms with van der Waals surface area (Å²) >= 11 is 3.41. The number of hydrogen-bond donors (Lipinski definition) is 1. The van der Waals surface area contributed by atoms with Crippen LogP contribution in [0, 0.1) is 0 Å². The zero-order valence-electron chi connectivity index (χ0n) is 14.4. The molecule has 1 fully saturated rings. The van der Waals surface area contributed by atoms with Gasteiger partial charge in [-0.3, -0.25) is 9.59 Å². The molecule has 0 spiro atoms. The molecular weight excluding hydrogens is 414 g/mol. The van der Waals surface area contributed by atoms with Crippen LogP contribution in [0.2, 0.25) is 0 Å². The van der Waals surface area contributed by atoms with E-state index < -0.39 is 17.7 Å². The first-order valence-corrected chi connectivity index (χ1v) is 9.17. The largest absolute Gasteiger partial charge is 0.507 e. The summed E-state index contributed by atoms with van der Waals surface area (Å²) in [6.45, 7) is 0.872. The van der Waals surface area contributed by atoms with Crippen molar-refractivity contribution in [2.45, 2.75) is 6.04 Å². The van der Waals surface area contributed by atoms with Crippen molar-refractivity contribution in [3.8, 4) is 11.5 Å². The van der Waals surface area contributed by atoms with Crippen LogP contribution in [0.1, 0.15) is 17.2 Å². The van der Waals surface area contributed by atoms with Gasteiger partial charge in [-0.05, 0) is 35.9 Å². The summed E-state index contributed by atoms with van der Waals surface area (Å²) in [6, 6.07) is 11.6. The molecule has 138 valence electrons. The first-order valence-electron chi connectivity index (χ1n) is 8.37. The molecule has 7 heteroatoms. The predicted octanol–water partition coefficient (Wildman–Crippen LogP) is 3.27. The van der Waals surface area contributed by atoms with Crippen LogP contribution >= 0.6 is 15.9 Å². The number of Topliss-reactive ketones (excluding diaryl/α,β-unsaturated/α-hetero) is 1. The Bertz CT molecular complexity index is 984. The van der Waals surface area contributed by atoms with E-state index in [2.05, 4.69) is 15.9 Å². The SMILES string of the molecule is CN1C(=O)C(=O)/C(=C(/O)c2ccc3c(c2)OCCO3)C1c1cccc(Br)c1. The van der Waals surface area contributed by atoms with Crippen molar-refractivity contribution in [1.82, 2.24) is 4.90 Å². The molecule has 0 bridgehead atoms. The van der Waals surface area contributed by atoms with Gasteiger partial charge in [-0.1, -0.05) is 28.1 Å². The Morgan fingerprint density at radius 1 is 1.11 bits per heavy atom. The number of aliphatic hydroxyl groups is 1. The van der Waals surface area contributed by atoms with E-state index in [-0.39, 0.29) is 11.3 Å². The topological polar surface area (TPSA) is 76.1 Å². The van der Waals surface area contributed by atoms with Crippen molar-refractivity contribution >= 4 is 33.4 Å². The zero-order chi connectivity index (χ0) is 19.1. The van der Waals surface area contributed by atoms with Gasteiger partial charge in [-0.2, -0.15) is 0 Å². The van der Waals surface area contributed by atoms with Gasteiger partial charge in [0.15, 0.2) is 11.5 Å². The smallest absolute Gasteiger partial charge is 0.295 e. The lowest BCUT2D eigenvalue weighted by Gasteiger charge is -2.22. The zero-order valence-corrected chi connectivity index (χ0v) is 16.0. The summed E-state index contributed by atoms with van der Waals surface area (Å²) < 4.78 is 11.8. The lowest BCUT2D eigenvalue weighted by Crippen LogP contribution is -2.24. The number of ether oxygens (including phenoxy) is 2. The highest BCUT2D eigenvalue weighted by atomic mass is 79.9. The summed E-state index contributed by atoms with van der Waals surface area (Å²) in [6.07, 6.45) is 0. The molecule has 2 aromatic rings. The quantitative estimate of drug-likeness (QED) is 0.450. The second-order valence-electron chi connectivity index (χ2n) is 6.32. The van der Waals surface area contributed by atoms with E-state index in [1.54, 1.807) is 25.2 Å². The van der Waals surface area contributed by atoms with Gasteiger partial charge in [0, 0.05) is 17.1 Å². The number of carbonyl (C=O) groups is 2. The number of aliphatic hydroxyl groups excluding tert-OH is 1. The maximum absolute atomic E-state index is 12.6. The van der Waals surface area contributed by atoms with E-state index in [0.29, 0.717) is 30.3 Å². The molecule has 2 aromatic carbocycles. The van der Waals surface area contributed by atoms with Crippen LogP contribution in [0.25, 0.3) is 5.76 Å².